The Morgan fingerprint density at radius 2 is 2.11 bits per heavy atom. The molecule has 0 bridgehead atoms. The van der Waals surface area contributed by atoms with Gasteiger partial charge in [0.15, 0.2) is 0 Å². The van der Waals surface area contributed by atoms with Crippen LogP contribution in [0, 0.1) is 10.1 Å². The number of hydrogen-bond donors (Lipinski definition) is 2. The molecular formula is C12H13N3O3S. The predicted molar refractivity (Wildman–Crippen MR) is 73.3 cm³/mol. The second kappa shape index (κ2) is 5.77. The fourth-order valence-corrected chi connectivity index (χ4v) is 2.25. The number of non-ortho nitro benzene ring substituents is 1. The lowest BCUT2D eigenvalue weighted by Crippen LogP contribution is -2.18. The first-order valence-corrected chi connectivity index (χ1v) is 6.58. The van der Waals surface area contributed by atoms with Gasteiger partial charge in [0, 0.05) is 35.8 Å². The van der Waals surface area contributed by atoms with E-state index in [9.17, 15) is 14.9 Å². The summed E-state index contributed by atoms with van der Waals surface area (Å²) in [6.07, 6.45) is 0. The number of nitro benzene ring substituents is 1. The Labute approximate surface area is 113 Å². The molecule has 19 heavy (non-hydrogen) atoms. The molecule has 0 fully saturated rings. The van der Waals surface area contributed by atoms with Gasteiger partial charge in [-0.05, 0) is 12.5 Å². The molecule has 0 saturated heterocycles. The first-order chi connectivity index (χ1) is 9.06. The number of nitrogens with one attached hydrogen (secondary N) is 2. The van der Waals surface area contributed by atoms with Crippen LogP contribution in [0.15, 0.2) is 34.4 Å². The predicted octanol–water partition coefficient (Wildman–Crippen LogP) is 2.20. The van der Waals surface area contributed by atoms with Gasteiger partial charge < -0.3 is 10.3 Å². The average molecular weight is 279 g/mol. The molecule has 7 heteroatoms. The van der Waals surface area contributed by atoms with Gasteiger partial charge in [-0.1, -0.05) is 23.5 Å². The van der Waals surface area contributed by atoms with Gasteiger partial charge in [-0.15, -0.1) is 0 Å². The van der Waals surface area contributed by atoms with E-state index < -0.39 is 4.92 Å². The van der Waals surface area contributed by atoms with E-state index in [4.69, 9.17) is 0 Å². The highest BCUT2D eigenvalue weighted by Crippen LogP contribution is 2.17. The summed E-state index contributed by atoms with van der Waals surface area (Å²) in [5.41, 5.74) is 1.88. The van der Waals surface area contributed by atoms with E-state index in [0.717, 1.165) is 22.6 Å². The van der Waals surface area contributed by atoms with E-state index >= 15 is 0 Å². The molecule has 1 aromatic carbocycles. The van der Waals surface area contributed by atoms with Gasteiger partial charge in [0.2, 0.25) is 0 Å². The van der Waals surface area contributed by atoms with Crippen LogP contribution in [0.1, 0.15) is 24.2 Å². The molecule has 0 spiro atoms. The van der Waals surface area contributed by atoms with Crippen LogP contribution in [-0.4, -0.2) is 9.91 Å². The molecule has 2 rings (SSSR count). The second-order valence-corrected chi connectivity index (χ2v) is 4.97. The SMILES string of the molecule is CC(NCc1csc(=O)[nH]1)c1ccc([N+](=O)[O-])cc1. The van der Waals surface area contributed by atoms with Crippen molar-refractivity contribution in [3.05, 3.63) is 60.7 Å². The van der Waals surface area contributed by atoms with Gasteiger partial charge in [0.05, 0.1) is 4.92 Å². The third-order valence-electron chi connectivity index (χ3n) is 2.77. The van der Waals surface area contributed by atoms with Gasteiger partial charge in [-0.25, -0.2) is 0 Å². The second-order valence-electron chi connectivity index (χ2n) is 4.12. The maximum atomic E-state index is 11.0. The number of H-pyrrole nitrogens is 1. The van der Waals surface area contributed by atoms with E-state index in [1.54, 1.807) is 17.5 Å². The number of nitrogens with zero attached hydrogens (tertiary/aromatic N) is 1. The molecular weight excluding hydrogens is 266 g/mol. The maximum Gasteiger partial charge on any atom is 0.304 e. The van der Waals surface area contributed by atoms with Gasteiger partial charge in [0.1, 0.15) is 0 Å². The van der Waals surface area contributed by atoms with E-state index in [0.29, 0.717) is 6.54 Å². The fraction of sp³-hybridized carbons (Fsp3) is 0.250. The number of aromatic nitrogens is 1. The van der Waals surface area contributed by atoms with E-state index in [-0.39, 0.29) is 16.6 Å². The van der Waals surface area contributed by atoms with Crippen molar-refractivity contribution in [2.45, 2.75) is 19.5 Å². The summed E-state index contributed by atoms with van der Waals surface area (Å²) < 4.78 is 0. The lowest BCUT2D eigenvalue weighted by atomic mass is 10.1. The highest BCUT2D eigenvalue weighted by molar-refractivity contribution is 7.07. The van der Waals surface area contributed by atoms with Gasteiger partial charge in [0.25, 0.3) is 5.69 Å². The minimum absolute atomic E-state index is 0.0456. The molecule has 0 aliphatic rings. The molecule has 1 heterocycles. The van der Waals surface area contributed by atoms with Crippen molar-refractivity contribution in [1.82, 2.24) is 10.3 Å². The summed E-state index contributed by atoms with van der Waals surface area (Å²) in [7, 11) is 0. The van der Waals surface area contributed by atoms with Gasteiger partial charge in [-0.2, -0.15) is 0 Å². The Bertz CT molecular complexity index is 618. The lowest BCUT2D eigenvalue weighted by molar-refractivity contribution is -0.384. The third-order valence-corrected chi connectivity index (χ3v) is 3.49. The topological polar surface area (TPSA) is 88.0 Å². The highest BCUT2D eigenvalue weighted by Gasteiger charge is 2.09. The van der Waals surface area contributed by atoms with Crippen molar-refractivity contribution in [2.24, 2.45) is 0 Å². The van der Waals surface area contributed by atoms with Crippen molar-refractivity contribution in [1.29, 1.82) is 0 Å². The summed E-state index contributed by atoms with van der Waals surface area (Å²) in [6, 6.07) is 6.47. The maximum absolute atomic E-state index is 11.0. The van der Waals surface area contributed by atoms with Crippen LogP contribution < -0.4 is 10.2 Å². The standard InChI is InChI=1S/C12H13N3O3S/c1-8(13-6-10-7-19-12(16)14-10)9-2-4-11(5-3-9)15(17)18/h2-5,7-8,13H,6H2,1H3,(H,14,16). The van der Waals surface area contributed by atoms with Crippen molar-refractivity contribution in [3.63, 3.8) is 0 Å². The largest absolute Gasteiger partial charge is 0.315 e. The zero-order valence-corrected chi connectivity index (χ0v) is 11.1. The molecule has 0 aliphatic heterocycles. The number of thiazole rings is 1. The monoisotopic (exact) mass is 279 g/mol. The van der Waals surface area contributed by atoms with E-state index in [1.165, 1.54) is 12.1 Å². The van der Waals surface area contributed by atoms with Crippen molar-refractivity contribution < 1.29 is 4.92 Å². The number of hydrogen-bond acceptors (Lipinski definition) is 5. The lowest BCUT2D eigenvalue weighted by Gasteiger charge is -2.13. The van der Waals surface area contributed by atoms with Crippen LogP contribution in [0.2, 0.25) is 0 Å². The van der Waals surface area contributed by atoms with Gasteiger partial charge >= 0.3 is 4.87 Å². The molecule has 0 aliphatic carbocycles. The van der Waals surface area contributed by atoms with Crippen molar-refractivity contribution in [3.8, 4) is 0 Å². The average Bonchev–Trinajstić information content (AvgIpc) is 2.82. The third kappa shape index (κ3) is 3.49. The summed E-state index contributed by atoms with van der Waals surface area (Å²) >= 11 is 1.13. The van der Waals surface area contributed by atoms with Crippen LogP contribution in [-0.2, 0) is 6.54 Å². The highest BCUT2D eigenvalue weighted by atomic mass is 32.1. The Hall–Kier alpha value is -1.99. The molecule has 100 valence electrons. The number of benzene rings is 1. The summed E-state index contributed by atoms with van der Waals surface area (Å²) in [5.74, 6) is 0. The molecule has 0 radical (unpaired) electrons. The molecule has 6 nitrogen and oxygen atoms in total. The van der Waals surface area contributed by atoms with Crippen LogP contribution in [0.5, 0.6) is 0 Å². The normalized spacial score (nSPS) is 12.3. The van der Waals surface area contributed by atoms with Crippen LogP contribution in [0.25, 0.3) is 0 Å². The fourth-order valence-electron chi connectivity index (χ4n) is 1.67. The Kier molecular flexibility index (Phi) is 4.08. The van der Waals surface area contributed by atoms with E-state index in [2.05, 4.69) is 10.3 Å². The molecule has 1 aromatic heterocycles. The Morgan fingerprint density at radius 3 is 2.63 bits per heavy atom. The van der Waals surface area contributed by atoms with Gasteiger partial charge in [-0.3, -0.25) is 14.9 Å². The Balaban J connectivity index is 1.97. The van der Waals surface area contributed by atoms with Crippen LogP contribution in [0.3, 0.4) is 0 Å². The zero-order valence-electron chi connectivity index (χ0n) is 10.3. The van der Waals surface area contributed by atoms with Crippen molar-refractivity contribution in [2.75, 3.05) is 0 Å². The summed E-state index contributed by atoms with van der Waals surface area (Å²) in [5, 5.41) is 15.6. The molecule has 1 unspecified atom stereocenters. The first-order valence-electron chi connectivity index (χ1n) is 5.70. The number of aromatic amines is 1. The smallest absolute Gasteiger partial charge is 0.304 e. The molecule has 0 saturated carbocycles. The first kappa shape index (κ1) is 13.4. The van der Waals surface area contributed by atoms with Crippen molar-refractivity contribution >= 4 is 17.0 Å². The zero-order chi connectivity index (χ0) is 13.8. The Morgan fingerprint density at radius 1 is 1.42 bits per heavy atom. The van der Waals surface area contributed by atoms with Crippen LogP contribution in [0.4, 0.5) is 5.69 Å². The van der Waals surface area contributed by atoms with Crippen LogP contribution >= 0.6 is 11.3 Å². The summed E-state index contributed by atoms with van der Waals surface area (Å²) in [6.45, 7) is 2.52. The molecule has 2 aromatic rings. The molecule has 2 N–H and O–H groups in total. The summed E-state index contributed by atoms with van der Waals surface area (Å²) in [4.78, 5) is 23.8. The molecule has 1 atom stereocenters. The number of nitro groups is 1. The molecule has 0 amide bonds. The van der Waals surface area contributed by atoms with E-state index in [1.807, 2.05) is 6.92 Å². The number of rotatable bonds is 5. The quantitative estimate of drug-likeness (QED) is 0.648. The minimum Gasteiger partial charge on any atom is -0.315 e. The minimum atomic E-state index is -0.419.